The topological polar surface area (TPSA) is 88.8 Å². The van der Waals surface area contributed by atoms with E-state index in [4.69, 9.17) is 14.6 Å². The molecule has 1 N–H and O–H groups in total. The predicted molar refractivity (Wildman–Crippen MR) is 131 cm³/mol. The third kappa shape index (κ3) is 4.57. The van der Waals surface area contributed by atoms with E-state index in [1.54, 1.807) is 4.68 Å². The number of alkyl halides is 1. The van der Waals surface area contributed by atoms with Crippen molar-refractivity contribution in [1.29, 1.82) is 0 Å². The standard InChI is InChI=1S/C25H33FN6O3/c1-15-7-17-10-27-32(21(17)8-19(15)24-16(2)11-30(3)14-20(24)26)23-9-22(28-25(29-23)34-4)31-12-18(13-31)35-6-5-33/h7-10,16,18,20,24,33H,5-6,11-14H2,1-4H3/t16-,20?,24?/m1/s1. The van der Waals surface area contributed by atoms with E-state index < -0.39 is 6.17 Å². The average molecular weight is 485 g/mol. The van der Waals surface area contributed by atoms with Crippen LogP contribution in [0, 0.1) is 12.8 Å². The molecule has 2 aromatic heterocycles. The Morgan fingerprint density at radius 2 is 1.89 bits per heavy atom. The molecular formula is C25H33FN6O3. The fourth-order valence-electron chi connectivity index (χ4n) is 5.41. The fraction of sp³-hybridized carbons (Fsp3) is 0.560. The summed E-state index contributed by atoms with van der Waals surface area (Å²) in [7, 11) is 3.52. The number of benzene rings is 1. The van der Waals surface area contributed by atoms with Gasteiger partial charge in [0, 0.05) is 43.5 Å². The largest absolute Gasteiger partial charge is 0.467 e. The molecule has 4 heterocycles. The van der Waals surface area contributed by atoms with Crippen LogP contribution in [0.15, 0.2) is 24.4 Å². The van der Waals surface area contributed by atoms with Crippen molar-refractivity contribution in [1.82, 2.24) is 24.6 Å². The number of aryl methyl sites for hydroxylation is 1. The number of methoxy groups -OCH3 is 1. The Bertz CT molecular complexity index is 1190. The van der Waals surface area contributed by atoms with E-state index in [0.29, 0.717) is 32.1 Å². The number of halogens is 1. The SMILES string of the molecule is COc1nc(N2CC(OCCO)C2)cc(-n2ncc3cc(C)c(C4C(F)CN(C)C[C@H]4C)cc32)n1. The molecule has 0 radical (unpaired) electrons. The van der Waals surface area contributed by atoms with Crippen LogP contribution in [0.1, 0.15) is 24.0 Å². The Kier molecular flexibility index (Phi) is 6.61. The number of hydrogen-bond acceptors (Lipinski definition) is 8. The van der Waals surface area contributed by atoms with Crippen LogP contribution in [-0.2, 0) is 4.74 Å². The number of nitrogens with zero attached hydrogens (tertiary/aromatic N) is 6. The van der Waals surface area contributed by atoms with E-state index in [0.717, 1.165) is 34.4 Å². The summed E-state index contributed by atoms with van der Waals surface area (Å²) >= 11 is 0. The van der Waals surface area contributed by atoms with Crippen LogP contribution in [0.25, 0.3) is 16.7 Å². The second-order valence-corrected chi connectivity index (χ2v) is 9.76. The van der Waals surface area contributed by atoms with Gasteiger partial charge >= 0.3 is 6.01 Å². The van der Waals surface area contributed by atoms with Crippen molar-refractivity contribution in [2.75, 3.05) is 58.5 Å². The van der Waals surface area contributed by atoms with Crippen molar-refractivity contribution in [2.24, 2.45) is 5.92 Å². The van der Waals surface area contributed by atoms with E-state index >= 15 is 4.39 Å². The Hall–Kier alpha value is -2.82. The van der Waals surface area contributed by atoms with Crippen molar-refractivity contribution in [3.8, 4) is 11.8 Å². The lowest BCUT2D eigenvalue weighted by Gasteiger charge is -2.39. The summed E-state index contributed by atoms with van der Waals surface area (Å²) < 4.78 is 28.0. The van der Waals surface area contributed by atoms with Gasteiger partial charge in [-0.15, -0.1) is 0 Å². The van der Waals surface area contributed by atoms with Gasteiger partial charge in [-0.05, 0) is 43.1 Å². The summed E-state index contributed by atoms with van der Waals surface area (Å²) in [6, 6.07) is 6.30. The second kappa shape index (κ2) is 9.67. The number of ether oxygens (including phenoxy) is 2. The van der Waals surface area contributed by atoms with Gasteiger partial charge in [0.15, 0.2) is 5.82 Å². The number of anilines is 1. The molecule has 188 valence electrons. The number of likely N-dealkylation sites (tertiary alicyclic amines) is 1. The summed E-state index contributed by atoms with van der Waals surface area (Å²) in [5, 5.41) is 14.6. The second-order valence-electron chi connectivity index (χ2n) is 9.76. The quantitative estimate of drug-likeness (QED) is 0.547. The highest BCUT2D eigenvalue weighted by molar-refractivity contribution is 5.82. The van der Waals surface area contributed by atoms with Crippen LogP contribution in [0.4, 0.5) is 10.2 Å². The van der Waals surface area contributed by atoms with Gasteiger partial charge in [-0.2, -0.15) is 15.1 Å². The number of rotatable bonds is 7. The Labute approximate surface area is 204 Å². The van der Waals surface area contributed by atoms with Gasteiger partial charge in [0.05, 0.1) is 38.1 Å². The number of piperidine rings is 1. The number of aromatic nitrogens is 4. The summed E-state index contributed by atoms with van der Waals surface area (Å²) in [6.45, 7) is 7.17. The highest BCUT2D eigenvalue weighted by atomic mass is 19.1. The zero-order valence-electron chi connectivity index (χ0n) is 20.7. The zero-order valence-corrected chi connectivity index (χ0v) is 20.7. The minimum absolute atomic E-state index is 0.00923. The lowest BCUT2D eigenvalue weighted by atomic mass is 9.78. The molecular weight excluding hydrogens is 451 g/mol. The predicted octanol–water partition coefficient (Wildman–Crippen LogP) is 2.33. The van der Waals surface area contributed by atoms with Gasteiger partial charge in [-0.3, -0.25) is 0 Å². The Balaban J connectivity index is 1.50. The molecule has 2 fully saturated rings. The number of fused-ring (bicyclic) bond motifs is 1. The van der Waals surface area contributed by atoms with Crippen LogP contribution in [0.3, 0.4) is 0 Å². The summed E-state index contributed by atoms with van der Waals surface area (Å²) in [5.41, 5.74) is 2.99. The molecule has 3 aromatic rings. The molecule has 0 spiro atoms. The van der Waals surface area contributed by atoms with Crippen LogP contribution in [0.5, 0.6) is 6.01 Å². The molecule has 10 heteroatoms. The van der Waals surface area contributed by atoms with Gasteiger partial charge in [0.2, 0.25) is 0 Å². The fourth-order valence-corrected chi connectivity index (χ4v) is 5.41. The van der Waals surface area contributed by atoms with Gasteiger partial charge in [-0.1, -0.05) is 6.92 Å². The van der Waals surface area contributed by atoms with E-state index in [1.165, 1.54) is 7.11 Å². The molecule has 2 aliphatic rings. The summed E-state index contributed by atoms with van der Waals surface area (Å²) in [5.74, 6) is 1.35. The highest BCUT2D eigenvalue weighted by Gasteiger charge is 2.35. The highest BCUT2D eigenvalue weighted by Crippen LogP contribution is 2.38. The number of hydrogen-bond donors (Lipinski definition) is 1. The minimum Gasteiger partial charge on any atom is -0.467 e. The zero-order chi connectivity index (χ0) is 24.7. The average Bonchev–Trinajstić information content (AvgIpc) is 3.20. The van der Waals surface area contributed by atoms with Gasteiger partial charge in [0.1, 0.15) is 12.0 Å². The third-order valence-corrected chi connectivity index (χ3v) is 7.10. The molecule has 0 amide bonds. The minimum atomic E-state index is -0.922. The van der Waals surface area contributed by atoms with Crippen LogP contribution in [0.2, 0.25) is 0 Å². The maximum absolute atomic E-state index is 15.2. The maximum atomic E-state index is 15.2. The van der Waals surface area contributed by atoms with Crippen molar-refractivity contribution in [3.63, 3.8) is 0 Å². The monoisotopic (exact) mass is 484 g/mol. The Morgan fingerprint density at radius 3 is 2.60 bits per heavy atom. The van der Waals surface area contributed by atoms with Crippen molar-refractivity contribution in [3.05, 3.63) is 35.5 Å². The van der Waals surface area contributed by atoms with Gasteiger partial charge < -0.3 is 24.4 Å². The number of aliphatic hydroxyl groups excluding tert-OH is 1. The smallest absolute Gasteiger partial charge is 0.320 e. The number of aliphatic hydroxyl groups is 1. The molecule has 2 aliphatic heterocycles. The molecule has 0 saturated carbocycles. The summed E-state index contributed by atoms with van der Waals surface area (Å²) in [4.78, 5) is 13.2. The van der Waals surface area contributed by atoms with Crippen LogP contribution >= 0.6 is 0 Å². The Morgan fingerprint density at radius 1 is 1.11 bits per heavy atom. The first-order chi connectivity index (χ1) is 16.9. The molecule has 0 aliphatic carbocycles. The molecule has 0 bridgehead atoms. The van der Waals surface area contributed by atoms with Gasteiger partial charge in [0.25, 0.3) is 0 Å². The van der Waals surface area contributed by atoms with Gasteiger partial charge in [-0.25, -0.2) is 9.07 Å². The van der Waals surface area contributed by atoms with E-state index in [9.17, 15) is 0 Å². The third-order valence-electron chi connectivity index (χ3n) is 7.10. The molecule has 5 rings (SSSR count). The first-order valence-electron chi connectivity index (χ1n) is 12.1. The lowest BCUT2D eigenvalue weighted by Crippen LogP contribution is -2.53. The van der Waals surface area contributed by atoms with Crippen molar-refractivity contribution < 1.29 is 19.0 Å². The van der Waals surface area contributed by atoms with Crippen LogP contribution < -0.4 is 9.64 Å². The first kappa shape index (κ1) is 23.9. The summed E-state index contributed by atoms with van der Waals surface area (Å²) in [6.07, 6.45) is 0.954. The lowest BCUT2D eigenvalue weighted by molar-refractivity contribution is 0.0132. The van der Waals surface area contributed by atoms with E-state index in [2.05, 4.69) is 50.8 Å². The molecule has 2 unspecified atom stereocenters. The van der Waals surface area contributed by atoms with Crippen molar-refractivity contribution in [2.45, 2.75) is 32.0 Å². The molecule has 3 atom stereocenters. The molecule has 1 aromatic carbocycles. The molecule has 2 saturated heterocycles. The molecule has 9 nitrogen and oxygen atoms in total. The van der Waals surface area contributed by atoms with E-state index in [-0.39, 0.29) is 30.6 Å². The molecule has 35 heavy (non-hydrogen) atoms. The first-order valence-corrected chi connectivity index (χ1v) is 12.1. The maximum Gasteiger partial charge on any atom is 0.320 e. The normalized spacial score (nSPS) is 23.6. The van der Waals surface area contributed by atoms with Crippen molar-refractivity contribution >= 4 is 16.7 Å². The van der Waals surface area contributed by atoms with E-state index in [1.807, 2.05) is 19.3 Å². The van der Waals surface area contributed by atoms with Crippen LogP contribution in [-0.4, -0.2) is 95.6 Å².